The SMILES string of the molecule is CCNC(=NCC(=O)N(C)CCc1ccccn1)NCC(O)c1ccc(Cl)s1.I. The van der Waals surface area contributed by atoms with Gasteiger partial charge in [0.1, 0.15) is 12.6 Å². The summed E-state index contributed by atoms with van der Waals surface area (Å²) >= 11 is 7.24. The van der Waals surface area contributed by atoms with Crippen molar-refractivity contribution >= 4 is 58.8 Å². The Bertz CT molecular complexity index is 775. The molecule has 0 spiro atoms. The van der Waals surface area contributed by atoms with Crippen LogP contribution in [0.2, 0.25) is 4.34 Å². The average Bonchev–Trinajstić information content (AvgIpc) is 3.15. The van der Waals surface area contributed by atoms with Gasteiger partial charge in [-0.1, -0.05) is 17.7 Å². The van der Waals surface area contributed by atoms with Gasteiger partial charge in [-0.05, 0) is 31.2 Å². The Morgan fingerprint density at radius 3 is 2.76 bits per heavy atom. The van der Waals surface area contributed by atoms with Gasteiger partial charge in [-0.2, -0.15) is 0 Å². The molecule has 0 aliphatic heterocycles. The molecular formula is C19H27ClIN5O2S. The van der Waals surface area contributed by atoms with Crippen LogP contribution in [0.15, 0.2) is 41.5 Å². The van der Waals surface area contributed by atoms with Crippen LogP contribution in [0.4, 0.5) is 0 Å². The number of hydrogen-bond acceptors (Lipinski definition) is 5. The first-order valence-electron chi connectivity index (χ1n) is 9.09. The van der Waals surface area contributed by atoms with Gasteiger partial charge < -0.3 is 20.6 Å². The van der Waals surface area contributed by atoms with Crippen LogP contribution in [-0.2, 0) is 11.2 Å². The number of aliphatic hydroxyl groups is 1. The predicted octanol–water partition coefficient (Wildman–Crippen LogP) is 2.70. The van der Waals surface area contributed by atoms with Crippen molar-refractivity contribution in [3.63, 3.8) is 0 Å². The van der Waals surface area contributed by atoms with Gasteiger partial charge in [0, 0.05) is 49.9 Å². The number of aromatic nitrogens is 1. The van der Waals surface area contributed by atoms with E-state index in [1.54, 1.807) is 30.3 Å². The molecule has 0 fully saturated rings. The molecule has 2 aromatic heterocycles. The summed E-state index contributed by atoms with van der Waals surface area (Å²) < 4.78 is 0.633. The summed E-state index contributed by atoms with van der Waals surface area (Å²) in [5.41, 5.74) is 0.948. The summed E-state index contributed by atoms with van der Waals surface area (Å²) in [6, 6.07) is 9.29. The van der Waals surface area contributed by atoms with Crippen molar-refractivity contribution in [1.82, 2.24) is 20.5 Å². The molecule has 2 rings (SSSR count). The number of likely N-dealkylation sites (N-methyl/N-ethyl adjacent to an activating group) is 1. The standard InChI is InChI=1S/C19H26ClN5O2S.HI/c1-3-21-19(23-12-15(26)16-7-8-17(20)28-16)24-13-18(27)25(2)11-9-14-6-4-5-10-22-14;/h4-8,10,15,26H,3,9,11-13H2,1-2H3,(H2,21,23,24);1H. The van der Waals surface area contributed by atoms with Gasteiger partial charge in [0.15, 0.2) is 5.96 Å². The van der Waals surface area contributed by atoms with E-state index >= 15 is 0 Å². The van der Waals surface area contributed by atoms with Gasteiger partial charge >= 0.3 is 0 Å². The topological polar surface area (TPSA) is 89.9 Å². The van der Waals surface area contributed by atoms with E-state index in [9.17, 15) is 9.90 Å². The highest BCUT2D eigenvalue weighted by Gasteiger charge is 2.12. The molecule has 3 N–H and O–H groups in total. The molecule has 0 radical (unpaired) electrons. The zero-order valence-electron chi connectivity index (χ0n) is 16.5. The smallest absolute Gasteiger partial charge is 0.244 e. The Morgan fingerprint density at radius 1 is 1.34 bits per heavy atom. The molecule has 0 aromatic carbocycles. The lowest BCUT2D eigenvalue weighted by Gasteiger charge is -2.17. The van der Waals surface area contributed by atoms with Crippen LogP contribution in [0.3, 0.4) is 0 Å². The fourth-order valence-corrected chi connectivity index (χ4v) is 3.41. The average molecular weight is 552 g/mol. The Morgan fingerprint density at radius 2 is 2.14 bits per heavy atom. The number of thiophene rings is 1. The van der Waals surface area contributed by atoms with Crippen molar-refractivity contribution in [2.45, 2.75) is 19.4 Å². The molecule has 1 atom stereocenters. The number of rotatable bonds is 9. The number of hydrogen-bond donors (Lipinski definition) is 3. The number of carbonyl (C=O) groups excluding carboxylic acids is 1. The monoisotopic (exact) mass is 551 g/mol. The second kappa shape index (κ2) is 13.7. The van der Waals surface area contributed by atoms with Crippen LogP contribution < -0.4 is 10.6 Å². The summed E-state index contributed by atoms with van der Waals surface area (Å²) in [5, 5.41) is 16.3. The normalized spacial score (nSPS) is 12.1. The first kappa shape index (κ1) is 25.6. The number of guanidine groups is 1. The van der Waals surface area contributed by atoms with Crippen LogP contribution in [0, 0.1) is 0 Å². The number of nitrogens with one attached hydrogen (secondary N) is 2. The van der Waals surface area contributed by atoms with Gasteiger partial charge in [-0.25, -0.2) is 4.99 Å². The quantitative estimate of drug-likeness (QED) is 0.253. The van der Waals surface area contributed by atoms with E-state index in [1.807, 2.05) is 25.1 Å². The maximum atomic E-state index is 12.3. The molecule has 29 heavy (non-hydrogen) atoms. The van der Waals surface area contributed by atoms with E-state index in [4.69, 9.17) is 11.6 Å². The molecule has 2 heterocycles. The van der Waals surface area contributed by atoms with Crippen molar-refractivity contribution < 1.29 is 9.90 Å². The van der Waals surface area contributed by atoms with Gasteiger partial charge in [-0.15, -0.1) is 35.3 Å². The minimum Gasteiger partial charge on any atom is -0.386 e. The Labute approximate surface area is 197 Å². The zero-order chi connectivity index (χ0) is 20.4. The van der Waals surface area contributed by atoms with Crippen LogP contribution in [0.5, 0.6) is 0 Å². The molecule has 1 unspecified atom stereocenters. The van der Waals surface area contributed by atoms with Gasteiger partial charge in [0.25, 0.3) is 0 Å². The molecule has 1 amide bonds. The molecule has 0 aliphatic rings. The maximum Gasteiger partial charge on any atom is 0.244 e. The van der Waals surface area contributed by atoms with Crippen molar-refractivity contribution in [3.8, 4) is 0 Å². The lowest BCUT2D eigenvalue weighted by molar-refractivity contribution is -0.128. The Hall–Kier alpha value is -1.43. The van der Waals surface area contributed by atoms with E-state index < -0.39 is 6.10 Å². The summed E-state index contributed by atoms with van der Waals surface area (Å²) in [4.78, 5) is 23.3. The summed E-state index contributed by atoms with van der Waals surface area (Å²) in [6.45, 7) is 3.46. The first-order chi connectivity index (χ1) is 13.5. The molecule has 10 heteroatoms. The number of amides is 1. The number of pyridine rings is 1. The van der Waals surface area contributed by atoms with Gasteiger partial charge in [-0.3, -0.25) is 9.78 Å². The van der Waals surface area contributed by atoms with E-state index in [0.717, 1.165) is 10.6 Å². The molecule has 0 aliphatic carbocycles. The highest BCUT2D eigenvalue weighted by molar-refractivity contribution is 14.0. The third kappa shape index (κ3) is 9.28. The van der Waals surface area contributed by atoms with E-state index in [-0.39, 0.29) is 43.0 Å². The Kier molecular flexibility index (Phi) is 12.1. The minimum atomic E-state index is -0.696. The number of nitrogens with zero attached hydrogens (tertiary/aromatic N) is 3. The lowest BCUT2D eigenvalue weighted by Crippen LogP contribution is -2.40. The highest BCUT2D eigenvalue weighted by Crippen LogP contribution is 2.26. The third-order valence-corrected chi connectivity index (χ3v) is 5.29. The predicted molar refractivity (Wildman–Crippen MR) is 129 cm³/mol. The second-order valence-corrected chi connectivity index (χ2v) is 7.87. The largest absolute Gasteiger partial charge is 0.386 e. The van der Waals surface area contributed by atoms with Crippen molar-refractivity contribution in [3.05, 3.63) is 51.4 Å². The van der Waals surface area contributed by atoms with Crippen LogP contribution >= 0.6 is 46.9 Å². The highest BCUT2D eigenvalue weighted by atomic mass is 127. The third-order valence-electron chi connectivity index (χ3n) is 3.96. The minimum absolute atomic E-state index is 0. The molecule has 0 saturated heterocycles. The molecule has 2 aromatic rings. The second-order valence-electron chi connectivity index (χ2n) is 6.12. The van der Waals surface area contributed by atoms with Crippen LogP contribution in [0.25, 0.3) is 0 Å². The number of halogens is 2. The summed E-state index contributed by atoms with van der Waals surface area (Å²) in [5.74, 6) is 0.398. The van der Waals surface area contributed by atoms with Crippen molar-refractivity contribution in [2.24, 2.45) is 4.99 Å². The van der Waals surface area contributed by atoms with Gasteiger partial charge in [0.2, 0.25) is 5.91 Å². The van der Waals surface area contributed by atoms with Crippen molar-refractivity contribution in [2.75, 3.05) is 33.2 Å². The molecule has 7 nitrogen and oxygen atoms in total. The van der Waals surface area contributed by atoms with Crippen LogP contribution in [-0.4, -0.2) is 60.1 Å². The van der Waals surface area contributed by atoms with Crippen LogP contribution in [0.1, 0.15) is 23.6 Å². The zero-order valence-corrected chi connectivity index (χ0v) is 20.4. The maximum absolute atomic E-state index is 12.3. The number of carbonyl (C=O) groups is 1. The molecule has 160 valence electrons. The fourth-order valence-electron chi connectivity index (χ4n) is 2.36. The number of aliphatic hydroxyl groups excluding tert-OH is 1. The van der Waals surface area contributed by atoms with Gasteiger partial charge in [0.05, 0.1) is 4.34 Å². The van der Waals surface area contributed by atoms with E-state index in [0.29, 0.717) is 29.8 Å². The fraction of sp³-hybridized carbons (Fsp3) is 0.421. The lowest BCUT2D eigenvalue weighted by atomic mass is 10.2. The molecule has 0 bridgehead atoms. The van der Waals surface area contributed by atoms with E-state index in [2.05, 4.69) is 20.6 Å². The van der Waals surface area contributed by atoms with E-state index in [1.165, 1.54) is 11.3 Å². The first-order valence-corrected chi connectivity index (χ1v) is 10.3. The molecular weight excluding hydrogens is 525 g/mol. The summed E-state index contributed by atoms with van der Waals surface area (Å²) in [6.07, 6.45) is 1.74. The van der Waals surface area contributed by atoms with Crippen molar-refractivity contribution in [1.29, 1.82) is 0 Å². The summed E-state index contributed by atoms with van der Waals surface area (Å²) in [7, 11) is 1.76. The molecule has 0 saturated carbocycles. The Balaban J connectivity index is 0.00000420. The number of aliphatic imine (C=N–C) groups is 1.